The van der Waals surface area contributed by atoms with Gasteiger partial charge in [-0.15, -0.1) is 0 Å². The Hall–Kier alpha value is -0.400. The molecule has 0 N–H and O–H groups in total. The van der Waals surface area contributed by atoms with Crippen molar-refractivity contribution in [1.82, 2.24) is 0 Å². The van der Waals surface area contributed by atoms with Crippen molar-refractivity contribution in [3.05, 3.63) is 5.09 Å². The second-order valence-corrected chi connectivity index (χ2v) is 3.64. The summed E-state index contributed by atoms with van der Waals surface area (Å²) in [5.74, 6) is 1.76. The first kappa shape index (κ1) is 8.60. The van der Waals surface area contributed by atoms with E-state index in [-0.39, 0.29) is 10.9 Å². The molecule has 0 aromatic carbocycles. The minimum atomic E-state index is -0.0824. The molecule has 9 heavy (non-hydrogen) atoms. The SMILES string of the molecule is CCOC(=C=O)[S+](C)C. The molecule has 0 fully saturated rings. The number of hydrogen-bond acceptors (Lipinski definition) is 2. The van der Waals surface area contributed by atoms with Gasteiger partial charge in [-0.3, -0.25) is 0 Å². The smallest absolute Gasteiger partial charge is 0.394 e. The fraction of sp³-hybridized carbons (Fsp3) is 0.667. The van der Waals surface area contributed by atoms with Gasteiger partial charge in [0.05, 0.1) is 17.5 Å². The van der Waals surface area contributed by atoms with Gasteiger partial charge in [0.15, 0.2) is 0 Å². The monoisotopic (exact) mass is 147 g/mol. The first-order valence-electron chi connectivity index (χ1n) is 2.67. The van der Waals surface area contributed by atoms with Crippen LogP contribution in [-0.4, -0.2) is 25.1 Å². The molecular formula is C6H11O2S+. The Morgan fingerprint density at radius 2 is 2.22 bits per heavy atom. The average Bonchev–Trinajstić information content (AvgIpc) is 1.82. The maximum atomic E-state index is 10.1. The number of hydrogen-bond donors (Lipinski definition) is 0. The molecule has 0 unspecified atom stereocenters. The van der Waals surface area contributed by atoms with Gasteiger partial charge in [0, 0.05) is 0 Å². The van der Waals surface area contributed by atoms with Crippen molar-refractivity contribution in [1.29, 1.82) is 0 Å². The summed E-state index contributed by atoms with van der Waals surface area (Å²) in [6.45, 7) is 2.40. The van der Waals surface area contributed by atoms with E-state index in [1.54, 1.807) is 5.94 Å². The third-order valence-electron chi connectivity index (χ3n) is 0.730. The fourth-order valence-corrected chi connectivity index (χ4v) is 0.882. The molecule has 0 aromatic rings. The molecule has 0 heterocycles. The van der Waals surface area contributed by atoms with Crippen molar-refractivity contribution in [3.8, 4) is 0 Å². The number of ether oxygens (including phenoxy) is 1. The predicted molar refractivity (Wildman–Crippen MR) is 40.0 cm³/mol. The van der Waals surface area contributed by atoms with Crippen molar-refractivity contribution < 1.29 is 9.53 Å². The molecule has 0 aliphatic heterocycles. The van der Waals surface area contributed by atoms with Crippen LogP contribution in [0.3, 0.4) is 0 Å². The molecule has 0 rings (SSSR count). The van der Waals surface area contributed by atoms with Crippen LogP contribution in [0.15, 0.2) is 5.09 Å². The summed E-state index contributed by atoms with van der Waals surface area (Å²) < 4.78 is 4.96. The van der Waals surface area contributed by atoms with Gasteiger partial charge in [-0.2, -0.15) is 0 Å². The Bertz CT molecular complexity index is 125. The zero-order chi connectivity index (χ0) is 7.28. The topological polar surface area (TPSA) is 26.3 Å². The maximum Gasteiger partial charge on any atom is 0.394 e. The first-order chi connectivity index (χ1) is 4.22. The number of carbonyl (C=O) groups excluding carboxylic acids is 1. The Morgan fingerprint density at radius 3 is 2.33 bits per heavy atom. The highest BCUT2D eigenvalue weighted by molar-refractivity contribution is 7.99. The third kappa shape index (κ3) is 3.22. The lowest BCUT2D eigenvalue weighted by Crippen LogP contribution is -2.04. The molecule has 0 aliphatic carbocycles. The highest BCUT2D eigenvalue weighted by Gasteiger charge is 2.14. The summed E-state index contributed by atoms with van der Waals surface area (Å²) in [5.41, 5.74) is 0. The highest BCUT2D eigenvalue weighted by atomic mass is 32.2. The molecule has 3 heteroatoms. The van der Waals surface area contributed by atoms with E-state index in [9.17, 15) is 4.79 Å². The Morgan fingerprint density at radius 1 is 1.67 bits per heavy atom. The summed E-state index contributed by atoms with van der Waals surface area (Å²) in [6, 6.07) is 0. The molecular weight excluding hydrogens is 136 g/mol. The van der Waals surface area contributed by atoms with E-state index in [1.807, 2.05) is 19.4 Å². The van der Waals surface area contributed by atoms with Crippen LogP contribution in [0.2, 0.25) is 0 Å². The van der Waals surface area contributed by atoms with Crippen LogP contribution in [0, 0.1) is 0 Å². The molecule has 0 atom stereocenters. The van der Waals surface area contributed by atoms with Crippen LogP contribution in [0.4, 0.5) is 0 Å². The summed E-state index contributed by atoms with van der Waals surface area (Å²) in [7, 11) is -0.0824. The molecule has 0 amide bonds. The zero-order valence-corrected chi connectivity index (χ0v) is 6.75. The van der Waals surface area contributed by atoms with Crippen LogP contribution < -0.4 is 0 Å². The van der Waals surface area contributed by atoms with E-state index in [2.05, 4.69) is 0 Å². The van der Waals surface area contributed by atoms with Gasteiger partial charge in [0.2, 0.25) is 5.94 Å². The highest BCUT2D eigenvalue weighted by Crippen LogP contribution is 2.00. The average molecular weight is 147 g/mol. The van der Waals surface area contributed by atoms with Gasteiger partial charge in [-0.05, 0) is 6.92 Å². The van der Waals surface area contributed by atoms with Gasteiger partial charge < -0.3 is 4.74 Å². The molecule has 0 spiro atoms. The van der Waals surface area contributed by atoms with Gasteiger partial charge in [0.1, 0.15) is 12.5 Å². The predicted octanol–water partition coefficient (Wildman–Crippen LogP) is 0.574. The fourth-order valence-electron chi connectivity index (χ4n) is 0.362. The van der Waals surface area contributed by atoms with Crippen LogP contribution in [0.25, 0.3) is 0 Å². The Labute approximate surface area is 58.2 Å². The Kier molecular flexibility index (Phi) is 4.28. The van der Waals surface area contributed by atoms with E-state index in [1.165, 1.54) is 0 Å². The largest absolute Gasteiger partial charge is 0.449 e. The van der Waals surface area contributed by atoms with Crippen LogP contribution in [0.1, 0.15) is 6.92 Å². The molecule has 0 radical (unpaired) electrons. The first-order valence-corrected chi connectivity index (χ1v) is 4.72. The second-order valence-electron chi connectivity index (χ2n) is 1.64. The van der Waals surface area contributed by atoms with Gasteiger partial charge in [0.25, 0.3) is 0 Å². The van der Waals surface area contributed by atoms with E-state index in [0.717, 1.165) is 0 Å². The van der Waals surface area contributed by atoms with Crippen molar-refractivity contribution in [3.63, 3.8) is 0 Å². The zero-order valence-electron chi connectivity index (χ0n) is 5.93. The van der Waals surface area contributed by atoms with Gasteiger partial charge >= 0.3 is 5.09 Å². The van der Waals surface area contributed by atoms with Crippen molar-refractivity contribution in [2.24, 2.45) is 0 Å². The Balaban J connectivity index is 3.86. The lowest BCUT2D eigenvalue weighted by Gasteiger charge is -1.96. The maximum absolute atomic E-state index is 10.1. The van der Waals surface area contributed by atoms with E-state index in [4.69, 9.17) is 4.74 Å². The molecule has 0 saturated carbocycles. The molecule has 0 aromatic heterocycles. The normalized spacial score (nSPS) is 8.89. The van der Waals surface area contributed by atoms with E-state index < -0.39 is 0 Å². The molecule has 0 aliphatic rings. The van der Waals surface area contributed by atoms with E-state index >= 15 is 0 Å². The quantitative estimate of drug-likeness (QED) is 0.331. The van der Waals surface area contributed by atoms with E-state index in [0.29, 0.717) is 11.7 Å². The van der Waals surface area contributed by atoms with Crippen molar-refractivity contribution >= 4 is 16.8 Å². The van der Waals surface area contributed by atoms with Crippen LogP contribution in [0.5, 0.6) is 0 Å². The minimum absolute atomic E-state index is 0.0824. The lowest BCUT2D eigenvalue weighted by atomic mass is 10.9. The molecule has 0 bridgehead atoms. The second kappa shape index (κ2) is 4.48. The molecule has 2 nitrogen and oxygen atoms in total. The molecule has 0 saturated heterocycles. The summed E-state index contributed by atoms with van der Waals surface area (Å²) in [6.07, 6.45) is 3.85. The van der Waals surface area contributed by atoms with Crippen LogP contribution >= 0.6 is 0 Å². The molecule has 52 valence electrons. The van der Waals surface area contributed by atoms with Gasteiger partial charge in [-0.1, -0.05) is 0 Å². The lowest BCUT2D eigenvalue weighted by molar-refractivity contribution is 0.259. The number of rotatable bonds is 3. The summed E-state index contributed by atoms with van der Waals surface area (Å²) >= 11 is 0. The summed E-state index contributed by atoms with van der Waals surface area (Å²) in [4.78, 5) is 10.1. The van der Waals surface area contributed by atoms with Crippen LogP contribution in [-0.2, 0) is 20.4 Å². The third-order valence-corrected chi connectivity index (χ3v) is 1.67. The summed E-state index contributed by atoms with van der Waals surface area (Å²) in [5, 5.41) is 0.442. The van der Waals surface area contributed by atoms with Gasteiger partial charge in [-0.25, -0.2) is 4.79 Å². The minimum Gasteiger partial charge on any atom is -0.449 e. The van der Waals surface area contributed by atoms with Crippen molar-refractivity contribution in [2.75, 3.05) is 19.1 Å². The standard InChI is InChI=1S/C6H11O2S/c1-4-8-6(5-7)9(2)3/h4H2,1-3H3/q+1. The van der Waals surface area contributed by atoms with Crippen molar-refractivity contribution in [2.45, 2.75) is 6.92 Å².